The highest BCUT2D eigenvalue weighted by atomic mass is 35.5. The molecule has 1 aliphatic rings. The van der Waals surface area contributed by atoms with E-state index in [1.54, 1.807) is 17.4 Å². The fourth-order valence-corrected chi connectivity index (χ4v) is 4.07. The van der Waals surface area contributed by atoms with Crippen LogP contribution in [-0.4, -0.2) is 28.9 Å². The second-order valence-electron chi connectivity index (χ2n) is 5.87. The van der Waals surface area contributed by atoms with Crippen LogP contribution >= 0.6 is 22.9 Å². The number of rotatable bonds is 6. The lowest BCUT2D eigenvalue weighted by Gasteiger charge is -2.34. The van der Waals surface area contributed by atoms with E-state index in [-0.39, 0.29) is 6.61 Å². The van der Waals surface area contributed by atoms with Gasteiger partial charge in [-0.2, -0.15) is 0 Å². The standard InChI is InChI=1S/C17H20ClN3O2S/c18-13-9-12(4-5-15(13)23-11-16(19)22)10-21-7-2-1-3-14(21)17-20-6-8-24-17/h4-6,8-9,14H,1-3,7,10-11H2,(H2,19,22). The minimum atomic E-state index is -0.519. The molecule has 1 atom stereocenters. The third-order valence-corrected chi connectivity index (χ3v) is 5.27. The van der Waals surface area contributed by atoms with E-state index in [0.717, 1.165) is 25.1 Å². The smallest absolute Gasteiger partial charge is 0.255 e. The number of ether oxygens (including phenoxy) is 1. The van der Waals surface area contributed by atoms with Crippen LogP contribution in [0.5, 0.6) is 5.75 Å². The van der Waals surface area contributed by atoms with Gasteiger partial charge in [-0.15, -0.1) is 11.3 Å². The Morgan fingerprint density at radius 3 is 3.04 bits per heavy atom. The molecule has 0 spiro atoms. The molecule has 1 aliphatic heterocycles. The largest absolute Gasteiger partial charge is 0.482 e. The van der Waals surface area contributed by atoms with Gasteiger partial charge in [0.25, 0.3) is 5.91 Å². The molecular weight excluding hydrogens is 346 g/mol. The van der Waals surface area contributed by atoms with Crippen molar-refractivity contribution in [3.63, 3.8) is 0 Å². The van der Waals surface area contributed by atoms with Gasteiger partial charge in [-0.05, 0) is 37.1 Å². The van der Waals surface area contributed by atoms with Gasteiger partial charge in [0.05, 0.1) is 11.1 Å². The first-order valence-corrected chi connectivity index (χ1v) is 9.22. The van der Waals surface area contributed by atoms with E-state index in [2.05, 4.69) is 9.88 Å². The minimum absolute atomic E-state index is 0.169. The van der Waals surface area contributed by atoms with Gasteiger partial charge in [0, 0.05) is 18.1 Å². The van der Waals surface area contributed by atoms with Gasteiger partial charge >= 0.3 is 0 Å². The topological polar surface area (TPSA) is 68.5 Å². The summed E-state index contributed by atoms with van der Waals surface area (Å²) in [4.78, 5) is 17.8. The number of hydrogen-bond donors (Lipinski definition) is 1. The maximum absolute atomic E-state index is 10.8. The van der Waals surface area contributed by atoms with Crippen LogP contribution in [0.2, 0.25) is 5.02 Å². The zero-order valence-corrected chi connectivity index (χ0v) is 14.9. The number of hydrogen-bond acceptors (Lipinski definition) is 5. The van der Waals surface area contributed by atoms with Crippen molar-refractivity contribution in [2.45, 2.75) is 31.8 Å². The molecule has 1 saturated heterocycles. The lowest BCUT2D eigenvalue weighted by atomic mass is 10.0. The summed E-state index contributed by atoms with van der Waals surface area (Å²) in [6.45, 7) is 1.71. The molecule has 0 aliphatic carbocycles. The SMILES string of the molecule is NC(=O)COc1ccc(CN2CCCCC2c2nccs2)cc1Cl. The van der Waals surface area contributed by atoms with Crippen molar-refractivity contribution in [2.75, 3.05) is 13.2 Å². The Hall–Kier alpha value is -1.63. The molecule has 5 nitrogen and oxygen atoms in total. The third kappa shape index (κ3) is 4.26. The average Bonchev–Trinajstić information content (AvgIpc) is 3.09. The normalized spacial score (nSPS) is 18.5. The highest BCUT2D eigenvalue weighted by Gasteiger charge is 2.25. The summed E-state index contributed by atoms with van der Waals surface area (Å²) in [7, 11) is 0. The van der Waals surface area contributed by atoms with E-state index in [0.29, 0.717) is 16.8 Å². The molecule has 1 aromatic carbocycles. The summed E-state index contributed by atoms with van der Waals surface area (Å²) in [6.07, 6.45) is 5.45. The first kappa shape index (κ1) is 17.2. The first-order chi connectivity index (χ1) is 11.6. The van der Waals surface area contributed by atoms with E-state index < -0.39 is 5.91 Å². The average molecular weight is 366 g/mol. The van der Waals surface area contributed by atoms with Crippen LogP contribution in [0.15, 0.2) is 29.8 Å². The maximum atomic E-state index is 10.8. The van der Waals surface area contributed by atoms with Crippen LogP contribution in [-0.2, 0) is 11.3 Å². The van der Waals surface area contributed by atoms with Gasteiger partial charge in [-0.25, -0.2) is 4.98 Å². The number of nitrogens with two attached hydrogens (primary N) is 1. The van der Waals surface area contributed by atoms with E-state index in [1.807, 2.05) is 23.7 Å². The Bertz CT molecular complexity index is 693. The number of thiazole rings is 1. The molecule has 0 radical (unpaired) electrons. The van der Waals surface area contributed by atoms with Gasteiger partial charge in [-0.1, -0.05) is 24.1 Å². The predicted molar refractivity (Wildman–Crippen MR) is 95.3 cm³/mol. The van der Waals surface area contributed by atoms with Crippen LogP contribution in [0.1, 0.15) is 35.9 Å². The molecular formula is C17H20ClN3O2S. The summed E-state index contributed by atoms with van der Waals surface area (Å²) >= 11 is 7.98. The van der Waals surface area contributed by atoms with Crippen LogP contribution in [0.25, 0.3) is 0 Å². The van der Waals surface area contributed by atoms with Crippen molar-refractivity contribution in [3.05, 3.63) is 45.4 Å². The van der Waals surface area contributed by atoms with Crippen LogP contribution < -0.4 is 10.5 Å². The number of benzene rings is 1. The summed E-state index contributed by atoms with van der Waals surface area (Å²) in [6, 6.07) is 6.05. The number of nitrogens with zero attached hydrogens (tertiary/aromatic N) is 2. The number of likely N-dealkylation sites (tertiary alicyclic amines) is 1. The second kappa shape index (κ2) is 7.96. The quantitative estimate of drug-likeness (QED) is 0.851. The molecule has 2 heterocycles. The Kier molecular flexibility index (Phi) is 5.71. The molecule has 24 heavy (non-hydrogen) atoms. The number of primary amides is 1. The molecule has 0 bridgehead atoms. The van der Waals surface area contributed by atoms with Crippen molar-refractivity contribution in [1.29, 1.82) is 0 Å². The van der Waals surface area contributed by atoms with E-state index in [1.165, 1.54) is 17.8 Å². The summed E-state index contributed by atoms with van der Waals surface area (Å²) in [5, 5.41) is 3.71. The summed E-state index contributed by atoms with van der Waals surface area (Å²) in [5.74, 6) is -0.0379. The van der Waals surface area contributed by atoms with Crippen LogP contribution in [0.4, 0.5) is 0 Å². The lowest BCUT2D eigenvalue weighted by molar-refractivity contribution is -0.119. The number of piperidine rings is 1. The summed E-state index contributed by atoms with van der Waals surface area (Å²) < 4.78 is 5.29. The van der Waals surface area contributed by atoms with E-state index in [4.69, 9.17) is 22.1 Å². The fraction of sp³-hybridized carbons (Fsp3) is 0.412. The van der Waals surface area contributed by atoms with Gasteiger partial charge < -0.3 is 10.5 Å². The minimum Gasteiger partial charge on any atom is -0.482 e. The molecule has 1 fully saturated rings. The molecule has 1 aromatic heterocycles. The van der Waals surface area contributed by atoms with Crippen molar-refractivity contribution in [2.24, 2.45) is 5.73 Å². The molecule has 128 valence electrons. The van der Waals surface area contributed by atoms with Crippen molar-refractivity contribution >= 4 is 28.8 Å². The molecule has 0 saturated carbocycles. The van der Waals surface area contributed by atoms with E-state index >= 15 is 0 Å². The number of carbonyl (C=O) groups is 1. The van der Waals surface area contributed by atoms with Crippen LogP contribution in [0, 0.1) is 0 Å². The maximum Gasteiger partial charge on any atom is 0.255 e. The molecule has 1 unspecified atom stereocenters. The number of carbonyl (C=O) groups excluding carboxylic acids is 1. The van der Waals surface area contributed by atoms with Crippen molar-refractivity contribution in [3.8, 4) is 5.75 Å². The molecule has 2 aromatic rings. The molecule has 7 heteroatoms. The summed E-state index contributed by atoms with van der Waals surface area (Å²) in [5.41, 5.74) is 6.21. The van der Waals surface area contributed by atoms with Crippen molar-refractivity contribution < 1.29 is 9.53 Å². The Balaban J connectivity index is 1.70. The van der Waals surface area contributed by atoms with Gasteiger partial charge in [0.15, 0.2) is 6.61 Å². The predicted octanol–water partition coefficient (Wildman–Crippen LogP) is 3.39. The molecule has 1 amide bonds. The van der Waals surface area contributed by atoms with Crippen molar-refractivity contribution in [1.82, 2.24) is 9.88 Å². The monoisotopic (exact) mass is 365 g/mol. The Morgan fingerprint density at radius 2 is 2.33 bits per heavy atom. The zero-order valence-electron chi connectivity index (χ0n) is 13.3. The lowest BCUT2D eigenvalue weighted by Crippen LogP contribution is -2.32. The highest BCUT2D eigenvalue weighted by molar-refractivity contribution is 7.09. The van der Waals surface area contributed by atoms with E-state index in [9.17, 15) is 4.79 Å². The Morgan fingerprint density at radius 1 is 1.46 bits per heavy atom. The third-order valence-electron chi connectivity index (χ3n) is 4.10. The molecule has 2 N–H and O–H groups in total. The Labute approximate surface area is 150 Å². The number of amides is 1. The van der Waals surface area contributed by atoms with Gasteiger partial charge in [-0.3, -0.25) is 9.69 Å². The number of halogens is 1. The van der Waals surface area contributed by atoms with Gasteiger partial charge in [0.2, 0.25) is 0 Å². The zero-order chi connectivity index (χ0) is 16.9. The fourth-order valence-electron chi connectivity index (χ4n) is 3.00. The van der Waals surface area contributed by atoms with Gasteiger partial charge in [0.1, 0.15) is 10.8 Å². The molecule has 3 rings (SSSR count). The highest BCUT2D eigenvalue weighted by Crippen LogP contribution is 2.34. The van der Waals surface area contributed by atoms with Crippen LogP contribution in [0.3, 0.4) is 0 Å². The number of aromatic nitrogens is 1. The second-order valence-corrected chi connectivity index (χ2v) is 7.21. The first-order valence-electron chi connectivity index (χ1n) is 7.96.